The Morgan fingerprint density at radius 1 is 1.50 bits per heavy atom. The van der Waals surface area contributed by atoms with Gasteiger partial charge in [-0.05, 0) is 25.7 Å². The summed E-state index contributed by atoms with van der Waals surface area (Å²) in [6.45, 7) is 12.6. The van der Waals surface area contributed by atoms with Crippen LogP contribution in [-0.4, -0.2) is 0 Å². The van der Waals surface area contributed by atoms with Crippen molar-refractivity contribution in [3.8, 4) is 0 Å². The Hall–Kier alpha value is -0.720. The summed E-state index contributed by atoms with van der Waals surface area (Å²) in [5, 5.41) is 3.33. The lowest BCUT2D eigenvalue weighted by atomic mass is 10.1. The number of rotatable bonds is 5. The van der Waals surface area contributed by atoms with E-state index in [1.807, 2.05) is 0 Å². The van der Waals surface area contributed by atoms with Gasteiger partial charge in [0.15, 0.2) is 0 Å². The van der Waals surface area contributed by atoms with Gasteiger partial charge in [-0.2, -0.15) is 0 Å². The summed E-state index contributed by atoms with van der Waals surface area (Å²) in [6, 6.07) is 0. The summed E-state index contributed by atoms with van der Waals surface area (Å²) in [4.78, 5) is 0. The van der Waals surface area contributed by atoms with E-state index >= 15 is 0 Å². The Balaban J connectivity index is 3.99. The third kappa shape index (κ3) is 3.61. The highest BCUT2D eigenvalue weighted by molar-refractivity contribution is 5.08. The van der Waals surface area contributed by atoms with Gasteiger partial charge in [0.2, 0.25) is 0 Å². The first kappa shape index (κ1) is 11.3. The maximum Gasteiger partial charge on any atom is 0.0104 e. The molecule has 0 bridgehead atoms. The van der Waals surface area contributed by atoms with Crippen molar-refractivity contribution < 1.29 is 0 Å². The average Bonchev–Trinajstić information content (AvgIpc) is 2.12. The van der Waals surface area contributed by atoms with Crippen LogP contribution in [0.2, 0.25) is 0 Å². The minimum Gasteiger partial charge on any atom is -0.363 e. The molecule has 1 heteroatoms. The molecule has 1 nitrogen and oxygen atoms in total. The lowest BCUT2D eigenvalue weighted by molar-refractivity contribution is 0.611. The monoisotopic (exact) mass is 167 g/mol. The molecule has 0 rings (SSSR count). The second-order valence-corrected chi connectivity index (χ2v) is 3.13. The van der Waals surface area contributed by atoms with Crippen molar-refractivity contribution in [3.63, 3.8) is 0 Å². The van der Waals surface area contributed by atoms with Gasteiger partial charge in [0.1, 0.15) is 0 Å². The van der Waals surface area contributed by atoms with E-state index in [1.54, 1.807) is 0 Å². The Labute approximate surface area is 76.6 Å². The molecule has 0 aliphatic carbocycles. The van der Waals surface area contributed by atoms with Crippen LogP contribution in [0, 0.1) is 5.92 Å². The second kappa shape index (κ2) is 5.87. The molecular formula is C11H21N. The number of allylic oxidation sites excluding steroid dienone is 3. The zero-order valence-electron chi connectivity index (χ0n) is 8.78. The minimum atomic E-state index is 0.562. The van der Waals surface area contributed by atoms with Crippen molar-refractivity contribution in [2.45, 2.75) is 40.5 Å². The molecule has 0 fully saturated rings. The summed E-state index contributed by atoms with van der Waals surface area (Å²) in [5.74, 6) is 0.562. The highest BCUT2D eigenvalue weighted by Crippen LogP contribution is 2.11. The number of nitrogens with one attached hydrogen (secondary N) is 1. The van der Waals surface area contributed by atoms with Gasteiger partial charge in [-0.25, -0.2) is 0 Å². The normalized spacial score (nSPS) is 14.2. The fourth-order valence-electron chi connectivity index (χ4n) is 0.941. The predicted octanol–water partition coefficient (Wildman–Crippen LogP) is 3.45. The quantitative estimate of drug-likeness (QED) is 0.661. The molecule has 1 N–H and O–H groups in total. The molecule has 0 heterocycles. The number of hydrogen-bond donors (Lipinski definition) is 1. The lowest BCUT2D eigenvalue weighted by Crippen LogP contribution is -2.16. The zero-order valence-corrected chi connectivity index (χ0v) is 8.78. The molecule has 0 aromatic rings. The van der Waals surface area contributed by atoms with Crippen LogP contribution in [0.3, 0.4) is 0 Å². The van der Waals surface area contributed by atoms with Crippen molar-refractivity contribution >= 4 is 0 Å². The summed E-state index contributed by atoms with van der Waals surface area (Å²) >= 11 is 0. The summed E-state index contributed by atoms with van der Waals surface area (Å²) < 4.78 is 0. The van der Waals surface area contributed by atoms with Crippen LogP contribution >= 0.6 is 0 Å². The Morgan fingerprint density at radius 3 is 2.42 bits per heavy atom. The third-order valence-electron chi connectivity index (χ3n) is 2.26. The van der Waals surface area contributed by atoms with E-state index in [-0.39, 0.29) is 0 Å². The fraction of sp³-hybridized carbons (Fsp3) is 0.636. The van der Waals surface area contributed by atoms with Gasteiger partial charge < -0.3 is 5.32 Å². The molecule has 0 aliphatic heterocycles. The maximum absolute atomic E-state index is 4.01. The van der Waals surface area contributed by atoms with Crippen LogP contribution in [0.15, 0.2) is 24.0 Å². The lowest BCUT2D eigenvalue weighted by Gasteiger charge is -2.16. The molecule has 0 aromatic carbocycles. The van der Waals surface area contributed by atoms with E-state index in [4.69, 9.17) is 0 Å². The predicted molar refractivity (Wildman–Crippen MR) is 55.8 cm³/mol. The van der Waals surface area contributed by atoms with Gasteiger partial charge >= 0.3 is 0 Å². The SMILES string of the molecule is C=C(N/C(=C/C)CC)C(C)CC. The molecule has 0 aromatic heterocycles. The molecule has 0 amide bonds. The highest BCUT2D eigenvalue weighted by Gasteiger charge is 2.03. The van der Waals surface area contributed by atoms with E-state index in [2.05, 4.69) is 45.7 Å². The first-order chi connectivity index (χ1) is 5.65. The van der Waals surface area contributed by atoms with Gasteiger partial charge in [0.05, 0.1) is 0 Å². The Bertz CT molecular complexity index is 168. The molecule has 0 radical (unpaired) electrons. The van der Waals surface area contributed by atoms with Crippen LogP contribution in [0.25, 0.3) is 0 Å². The molecule has 1 unspecified atom stereocenters. The summed E-state index contributed by atoms with van der Waals surface area (Å²) in [5.41, 5.74) is 2.40. The van der Waals surface area contributed by atoms with Crippen molar-refractivity contribution in [2.24, 2.45) is 5.92 Å². The minimum absolute atomic E-state index is 0.562. The largest absolute Gasteiger partial charge is 0.363 e. The smallest absolute Gasteiger partial charge is 0.0104 e. The van der Waals surface area contributed by atoms with Gasteiger partial charge in [-0.1, -0.05) is 33.4 Å². The van der Waals surface area contributed by atoms with Crippen LogP contribution in [0.1, 0.15) is 40.5 Å². The van der Waals surface area contributed by atoms with E-state index in [0.29, 0.717) is 5.92 Å². The standard InChI is InChI=1S/C11H21N/c1-6-9(4)10(5)12-11(7-2)8-3/h7,9,12H,5-6,8H2,1-4H3/b11-7+. The van der Waals surface area contributed by atoms with Crippen molar-refractivity contribution in [3.05, 3.63) is 24.0 Å². The molecule has 12 heavy (non-hydrogen) atoms. The second-order valence-electron chi connectivity index (χ2n) is 3.13. The molecule has 0 spiro atoms. The summed E-state index contributed by atoms with van der Waals surface area (Å²) in [7, 11) is 0. The highest BCUT2D eigenvalue weighted by atomic mass is 14.9. The van der Waals surface area contributed by atoms with E-state index < -0.39 is 0 Å². The van der Waals surface area contributed by atoms with E-state index in [1.165, 1.54) is 5.70 Å². The molecule has 0 saturated carbocycles. The first-order valence-corrected chi connectivity index (χ1v) is 4.76. The van der Waals surface area contributed by atoms with Crippen LogP contribution in [-0.2, 0) is 0 Å². The van der Waals surface area contributed by atoms with Crippen molar-refractivity contribution in [2.75, 3.05) is 0 Å². The van der Waals surface area contributed by atoms with Crippen LogP contribution < -0.4 is 5.32 Å². The Kier molecular flexibility index (Phi) is 5.52. The zero-order chi connectivity index (χ0) is 9.56. The van der Waals surface area contributed by atoms with Gasteiger partial charge in [0.25, 0.3) is 0 Å². The average molecular weight is 167 g/mol. The molecule has 0 aliphatic rings. The van der Waals surface area contributed by atoms with Crippen molar-refractivity contribution in [1.82, 2.24) is 5.32 Å². The van der Waals surface area contributed by atoms with Gasteiger partial charge in [-0.3, -0.25) is 0 Å². The summed E-state index contributed by atoms with van der Waals surface area (Å²) in [6.07, 6.45) is 4.30. The van der Waals surface area contributed by atoms with E-state index in [9.17, 15) is 0 Å². The molecule has 1 atom stereocenters. The van der Waals surface area contributed by atoms with Crippen molar-refractivity contribution in [1.29, 1.82) is 0 Å². The Morgan fingerprint density at radius 2 is 2.08 bits per heavy atom. The molecule has 0 saturated heterocycles. The van der Waals surface area contributed by atoms with Gasteiger partial charge in [-0.15, -0.1) is 0 Å². The first-order valence-electron chi connectivity index (χ1n) is 4.76. The van der Waals surface area contributed by atoms with Crippen LogP contribution in [0.4, 0.5) is 0 Å². The number of hydrogen-bond acceptors (Lipinski definition) is 1. The molecular weight excluding hydrogens is 146 g/mol. The van der Waals surface area contributed by atoms with Crippen LogP contribution in [0.5, 0.6) is 0 Å². The fourth-order valence-corrected chi connectivity index (χ4v) is 0.941. The topological polar surface area (TPSA) is 12.0 Å². The van der Waals surface area contributed by atoms with E-state index in [0.717, 1.165) is 18.5 Å². The van der Waals surface area contributed by atoms with Gasteiger partial charge in [0, 0.05) is 11.4 Å². The maximum atomic E-state index is 4.01. The molecule has 70 valence electrons. The third-order valence-corrected chi connectivity index (χ3v) is 2.26.